The van der Waals surface area contributed by atoms with Gasteiger partial charge in [-0.25, -0.2) is 9.59 Å². The Balaban J connectivity index is 1.39. The number of nitrogens with one attached hydrogen (secondary N) is 1. The maximum absolute atomic E-state index is 13.3. The Morgan fingerprint density at radius 1 is 1.05 bits per heavy atom. The summed E-state index contributed by atoms with van der Waals surface area (Å²) in [4.78, 5) is 56.7. The molecule has 0 bridgehead atoms. The van der Waals surface area contributed by atoms with Gasteiger partial charge >= 0.3 is 19.7 Å². The Morgan fingerprint density at radius 3 is 2.55 bits per heavy atom. The van der Waals surface area contributed by atoms with Gasteiger partial charge in [-0.1, -0.05) is 42.5 Å². The van der Waals surface area contributed by atoms with Gasteiger partial charge in [-0.05, 0) is 84.7 Å². The van der Waals surface area contributed by atoms with Gasteiger partial charge in [-0.15, -0.1) is 0 Å². The summed E-state index contributed by atoms with van der Waals surface area (Å²) in [5.74, 6) is -0.707. The summed E-state index contributed by atoms with van der Waals surface area (Å²) in [7, 11) is -4.67. The molecule has 44 heavy (non-hydrogen) atoms. The molecule has 1 unspecified atom stereocenters. The number of benzene rings is 3. The fraction of sp³-hybridized carbons (Fsp3) is 0.344. The van der Waals surface area contributed by atoms with Crippen LogP contribution >= 0.6 is 7.60 Å². The second-order valence-corrected chi connectivity index (χ2v) is 12.5. The molecule has 11 nitrogen and oxygen atoms in total. The first-order chi connectivity index (χ1) is 20.9. The van der Waals surface area contributed by atoms with Crippen LogP contribution in [0.1, 0.15) is 41.5 Å². The third kappa shape index (κ3) is 8.69. The predicted octanol–water partition coefficient (Wildman–Crippen LogP) is 4.97. The SMILES string of the molecule is Cc1cccc(OCCCC(=O)N2CCCc3c(-c4cccc(COC(=O)NC(CP(=O)(O)O)C(=O)O)c4)cccc32)c1C. The monoisotopic (exact) mass is 624 g/mol. The number of amides is 2. The minimum atomic E-state index is -4.67. The first kappa shape index (κ1) is 32.7. The normalized spacial score (nSPS) is 13.5. The third-order valence-corrected chi connectivity index (χ3v) is 8.36. The van der Waals surface area contributed by atoms with Crippen LogP contribution in [-0.2, 0) is 31.9 Å². The molecule has 0 fully saturated rings. The van der Waals surface area contributed by atoms with Gasteiger partial charge in [-0.3, -0.25) is 9.36 Å². The van der Waals surface area contributed by atoms with E-state index in [1.165, 1.54) is 0 Å². The molecule has 3 aromatic rings. The molecule has 4 rings (SSSR count). The number of carbonyl (C=O) groups is 3. The highest BCUT2D eigenvalue weighted by Gasteiger charge is 2.29. The number of ether oxygens (including phenoxy) is 2. The molecule has 0 saturated carbocycles. The molecule has 0 aliphatic carbocycles. The lowest BCUT2D eigenvalue weighted by Gasteiger charge is -2.31. The van der Waals surface area contributed by atoms with E-state index in [-0.39, 0.29) is 12.5 Å². The van der Waals surface area contributed by atoms with E-state index in [2.05, 4.69) is 0 Å². The number of carboxylic acids is 1. The van der Waals surface area contributed by atoms with Crippen LogP contribution in [0, 0.1) is 13.8 Å². The molecular formula is C32H37N2O9P. The van der Waals surface area contributed by atoms with E-state index in [9.17, 15) is 18.9 Å². The van der Waals surface area contributed by atoms with Gasteiger partial charge in [0.25, 0.3) is 0 Å². The highest BCUT2D eigenvalue weighted by molar-refractivity contribution is 7.51. The van der Waals surface area contributed by atoms with Crippen molar-refractivity contribution in [2.24, 2.45) is 0 Å². The molecule has 3 aromatic carbocycles. The van der Waals surface area contributed by atoms with Crippen LogP contribution in [0.25, 0.3) is 11.1 Å². The minimum Gasteiger partial charge on any atom is -0.493 e. The van der Waals surface area contributed by atoms with Crippen LogP contribution in [0.4, 0.5) is 10.5 Å². The van der Waals surface area contributed by atoms with Gasteiger partial charge in [0.1, 0.15) is 18.4 Å². The van der Waals surface area contributed by atoms with Crippen molar-refractivity contribution in [1.29, 1.82) is 0 Å². The molecule has 0 radical (unpaired) electrons. The summed E-state index contributed by atoms with van der Waals surface area (Å²) >= 11 is 0. The Kier molecular flexibility index (Phi) is 10.8. The topological polar surface area (TPSA) is 163 Å². The molecule has 1 aliphatic rings. The van der Waals surface area contributed by atoms with E-state index in [1.54, 1.807) is 12.1 Å². The smallest absolute Gasteiger partial charge is 0.408 e. The predicted molar refractivity (Wildman–Crippen MR) is 165 cm³/mol. The lowest BCUT2D eigenvalue weighted by molar-refractivity contribution is -0.138. The van der Waals surface area contributed by atoms with E-state index in [1.807, 2.05) is 72.6 Å². The number of anilines is 1. The number of aliphatic carboxylic acids is 1. The fourth-order valence-corrected chi connectivity index (χ4v) is 5.88. The first-order valence-corrected chi connectivity index (χ1v) is 16.1. The molecule has 0 aromatic heterocycles. The van der Waals surface area contributed by atoms with E-state index in [4.69, 9.17) is 24.4 Å². The molecule has 1 atom stereocenters. The lowest BCUT2D eigenvalue weighted by Crippen LogP contribution is -2.43. The van der Waals surface area contributed by atoms with Crippen LogP contribution in [-0.4, -0.2) is 58.2 Å². The number of nitrogens with zero attached hydrogens (tertiary/aromatic N) is 1. The van der Waals surface area contributed by atoms with Crippen molar-refractivity contribution in [3.8, 4) is 16.9 Å². The zero-order valence-corrected chi connectivity index (χ0v) is 25.6. The van der Waals surface area contributed by atoms with Crippen LogP contribution in [0.2, 0.25) is 0 Å². The van der Waals surface area contributed by atoms with E-state index >= 15 is 0 Å². The summed E-state index contributed by atoms with van der Waals surface area (Å²) in [5.41, 5.74) is 6.63. The molecule has 2 amide bonds. The van der Waals surface area contributed by atoms with Crippen LogP contribution in [0.3, 0.4) is 0 Å². The van der Waals surface area contributed by atoms with Crippen molar-refractivity contribution in [2.75, 3.05) is 24.2 Å². The van der Waals surface area contributed by atoms with Crippen LogP contribution in [0.5, 0.6) is 5.75 Å². The van der Waals surface area contributed by atoms with Crippen molar-refractivity contribution in [3.05, 3.63) is 82.9 Å². The van der Waals surface area contributed by atoms with Crippen molar-refractivity contribution in [3.63, 3.8) is 0 Å². The van der Waals surface area contributed by atoms with Crippen molar-refractivity contribution < 1.29 is 43.3 Å². The molecule has 1 heterocycles. The number of aryl methyl sites for hydroxylation is 1. The molecule has 0 saturated heterocycles. The molecular weight excluding hydrogens is 587 g/mol. The zero-order valence-electron chi connectivity index (χ0n) is 24.7. The standard InChI is InChI=1S/C32H37N2O9P/c1-21-8-3-14-29(22(21)2)42-17-7-15-30(35)34-16-6-12-26-25(11-5-13-28(26)34)24-10-4-9-23(18-24)19-43-32(38)33-27(31(36)37)20-44(39,40)41/h3-5,8-11,13-14,18,27H,6-7,12,15-17,19-20H2,1-2H3,(H,33,38)(H,36,37)(H2,39,40,41). The average molecular weight is 625 g/mol. The Morgan fingerprint density at radius 2 is 1.80 bits per heavy atom. The zero-order chi connectivity index (χ0) is 31.9. The number of rotatable bonds is 12. The number of carboxylic acid groups (broad SMARTS) is 1. The summed E-state index contributed by atoms with van der Waals surface area (Å²) < 4.78 is 22.2. The molecule has 12 heteroatoms. The maximum atomic E-state index is 13.3. The summed E-state index contributed by atoms with van der Waals surface area (Å²) in [6.45, 7) is 4.95. The number of alkyl carbamates (subject to hydrolysis) is 1. The summed E-state index contributed by atoms with van der Waals surface area (Å²) in [6, 6.07) is 17.3. The number of fused-ring (bicyclic) bond motifs is 1. The van der Waals surface area contributed by atoms with Gasteiger partial charge in [-0.2, -0.15) is 0 Å². The average Bonchev–Trinajstić information content (AvgIpc) is 2.98. The second-order valence-electron chi connectivity index (χ2n) is 10.8. The Bertz CT molecular complexity index is 1570. The fourth-order valence-electron chi connectivity index (χ4n) is 5.16. The van der Waals surface area contributed by atoms with Crippen LogP contribution < -0.4 is 15.0 Å². The molecule has 234 valence electrons. The van der Waals surface area contributed by atoms with Gasteiger partial charge < -0.3 is 34.6 Å². The highest BCUT2D eigenvalue weighted by atomic mass is 31.2. The summed E-state index contributed by atoms with van der Waals surface area (Å²) in [6.07, 6.45) is 0.413. The summed E-state index contributed by atoms with van der Waals surface area (Å²) in [5, 5.41) is 11.1. The van der Waals surface area contributed by atoms with Gasteiger partial charge in [0.05, 0.1) is 12.8 Å². The minimum absolute atomic E-state index is 0.0410. The second kappa shape index (κ2) is 14.5. The molecule has 0 spiro atoms. The third-order valence-electron chi connectivity index (χ3n) is 7.52. The van der Waals surface area contributed by atoms with Crippen LogP contribution in [0.15, 0.2) is 60.7 Å². The highest BCUT2D eigenvalue weighted by Crippen LogP contribution is 2.37. The quantitative estimate of drug-likeness (QED) is 0.161. The van der Waals surface area contributed by atoms with E-state index in [0.717, 1.165) is 52.1 Å². The first-order valence-electron chi connectivity index (χ1n) is 14.3. The number of carbonyl (C=O) groups excluding carboxylic acids is 2. The molecule has 1 aliphatic heterocycles. The van der Waals surface area contributed by atoms with E-state index in [0.29, 0.717) is 31.6 Å². The number of hydrogen-bond acceptors (Lipinski definition) is 6. The Hall–Kier alpha value is -4.18. The van der Waals surface area contributed by atoms with Gasteiger partial charge in [0, 0.05) is 18.7 Å². The van der Waals surface area contributed by atoms with E-state index < -0.39 is 31.9 Å². The number of hydrogen-bond donors (Lipinski definition) is 4. The van der Waals surface area contributed by atoms with Gasteiger partial charge in [0.2, 0.25) is 5.91 Å². The van der Waals surface area contributed by atoms with Crippen molar-refractivity contribution in [1.82, 2.24) is 5.32 Å². The molecule has 4 N–H and O–H groups in total. The maximum Gasteiger partial charge on any atom is 0.408 e. The van der Waals surface area contributed by atoms with Crippen molar-refractivity contribution >= 4 is 31.3 Å². The largest absolute Gasteiger partial charge is 0.493 e. The lowest BCUT2D eigenvalue weighted by atomic mass is 9.91. The van der Waals surface area contributed by atoms with Crippen molar-refractivity contribution in [2.45, 2.75) is 52.2 Å². The Labute approximate surface area is 256 Å². The van der Waals surface area contributed by atoms with Gasteiger partial charge in [0.15, 0.2) is 0 Å².